The van der Waals surface area contributed by atoms with Crippen LogP contribution in [0.25, 0.3) is 0 Å². The number of benzene rings is 2. The molecule has 0 bridgehead atoms. The SMILES string of the molecule is CN(C)C(CNC(=O)c1ccc(Cl)cc1)c1ccccc1Cl. The Hall–Kier alpha value is -1.55. The van der Waals surface area contributed by atoms with Crippen molar-refractivity contribution in [2.24, 2.45) is 0 Å². The molecule has 0 heterocycles. The Balaban J connectivity index is 2.08. The molecule has 2 rings (SSSR count). The standard InChI is InChI=1S/C17H18Cl2N2O/c1-21(2)16(14-5-3-4-6-15(14)19)11-20-17(22)12-7-9-13(18)10-8-12/h3-10,16H,11H2,1-2H3,(H,20,22). The van der Waals surface area contributed by atoms with Crippen LogP contribution in [0.2, 0.25) is 10.0 Å². The molecule has 5 heteroatoms. The number of hydrogen-bond donors (Lipinski definition) is 1. The molecule has 0 radical (unpaired) electrons. The van der Waals surface area contributed by atoms with Crippen LogP contribution < -0.4 is 5.32 Å². The average molecular weight is 337 g/mol. The van der Waals surface area contributed by atoms with Crippen LogP contribution in [0, 0.1) is 0 Å². The molecule has 0 aromatic heterocycles. The maximum atomic E-state index is 12.2. The van der Waals surface area contributed by atoms with Crippen LogP contribution in [0.15, 0.2) is 48.5 Å². The molecule has 0 aliphatic rings. The fourth-order valence-electron chi connectivity index (χ4n) is 2.21. The Bertz CT molecular complexity index is 641. The van der Waals surface area contributed by atoms with E-state index in [0.29, 0.717) is 22.2 Å². The first kappa shape index (κ1) is 16.8. The van der Waals surface area contributed by atoms with Gasteiger partial charge in [-0.3, -0.25) is 4.79 Å². The first-order valence-electron chi connectivity index (χ1n) is 6.93. The van der Waals surface area contributed by atoms with E-state index in [1.54, 1.807) is 24.3 Å². The van der Waals surface area contributed by atoms with E-state index in [1.165, 1.54) is 0 Å². The summed E-state index contributed by atoms with van der Waals surface area (Å²) < 4.78 is 0. The lowest BCUT2D eigenvalue weighted by Crippen LogP contribution is -2.34. The second kappa shape index (κ2) is 7.63. The van der Waals surface area contributed by atoms with Gasteiger partial charge in [-0.15, -0.1) is 0 Å². The smallest absolute Gasteiger partial charge is 0.251 e. The van der Waals surface area contributed by atoms with E-state index in [1.807, 2.05) is 43.3 Å². The summed E-state index contributed by atoms with van der Waals surface area (Å²) in [6.45, 7) is 0.470. The molecule has 3 nitrogen and oxygen atoms in total. The molecule has 116 valence electrons. The monoisotopic (exact) mass is 336 g/mol. The van der Waals surface area contributed by atoms with Gasteiger partial charge in [-0.1, -0.05) is 41.4 Å². The molecule has 1 N–H and O–H groups in total. The lowest BCUT2D eigenvalue weighted by molar-refractivity contribution is 0.0942. The highest BCUT2D eigenvalue weighted by molar-refractivity contribution is 6.31. The highest BCUT2D eigenvalue weighted by Gasteiger charge is 2.18. The first-order chi connectivity index (χ1) is 10.5. The van der Waals surface area contributed by atoms with Crippen molar-refractivity contribution in [1.29, 1.82) is 0 Å². The van der Waals surface area contributed by atoms with Gasteiger partial charge in [0, 0.05) is 22.2 Å². The van der Waals surface area contributed by atoms with Crippen molar-refractivity contribution in [1.82, 2.24) is 10.2 Å². The lowest BCUT2D eigenvalue weighted by atomic mass is 10.1. The van der Waals surface area contributed by atoms with Crippen molar-refractivity contribution in [3.63, 3.8) is 0 Å². The third kappa shape index (κ3) is 4.23. The summed E-state index contributed by atoms with van der Waals surface area (Å²) in [5.41, 5.74) is 1.58. The number of hydrogen-bond acceptors (Lipinski definition) is 2. The Kier molecular flexibility index (Phi) is 5.83. The van der Waals surface area contributed by atoms with E-state index < -0.39 is 0 Å². The molecule has 22 heavy (non-hydrogen) atoms. The number of likely N-dealkylation sites (N-methyl/N-ethyl adjacent to an activating group) is 1. The van der Waals surface area contributed by atoms with E-state index in [0.717, 1.165) is 5.56 Å². The topological polar surface area (TPSA) is 32.3 Å². The molecule has 1 atom stereocenters. The number of amides is 1. The summed E-state index contributed by atoms with van der Waals surface area (Å²) in [4.78, 5) is 14.2. The molecule has 1 unspecified atom stereocenters. The summed E-state index contributed by atoms with van der Waals surface area (Å²) in [7, 11) is 3.92. The van der Waals surface area contributed by atoms with Gasteiger partial charge in [-0.25, -0.2) is 0 Å². The highest BCUT2D eigenvalue weighted by Crippen LogP contribution is 2.25. The minimum Gasteiger partial charge on any atom is -0.350 e. The molecule has 0 aliphatic heterocycles. The molecule has 0 saturated heterocycles. The van der Waals surface area contributed by atoms with E-state index in [4.69, 9.17) is 23.2 Å². The highest BCUT2D eigenvalue weighted by atomic mass is 35.5. The molecule has 2 aromatic rings. The number of carbonyl (C=O) groups is 1. The van der Waals surface area contributed by atoms with E-state index in [9.17, 15) is 4.79 Å². The van der Waals surface area contributed by atoms with E-state index >= 15 is 0 Å². The van der Waals surface area contributed by atoms with Gasteiger partial charge in [0.05, 0.1) is 6.04 Å². The number of nitrogens with one attached hydrogen (secondary N) is 1. The van der Waals surface area contributed by atoms with Crippen LogP contribution in [-0.4, -0.2) is 31.4 Å². The third-order valence-electron chi connectivity index (χ3n) is 3.45. The van der Waals surface area contributed by atoms with Crippen molar-refractivity contribution in [2.45, 2.75) is 6.04 Å². The normalized spacial score (nSPS) is 12.2. The molecule has 0 fully saturated rings. The quantitative estimate of drug-likeness (QED) is 0.894. The Morgan fingerprint density at radius 3 is 2.32 bits per heavy atom. The van der Waals surface area contributed by atoms with Gasteiger partial charge in [0.15, 0.2) is 0 Å². The van der Waals surface area contributed by atoms with Gasteiger partial charge >= 0.3 is 0 Å². The minimum absolute atomic E-state index is 0.00458. The van der Waals surface area contributed by atoms with Gasteiger partial charge in [0.2, 0.25) is 0 Å². The van der Waals surface area contributed by atoms with Gasteiger partial charge in [0.1, 0.15) is 0 Å². The lowest BCUT2D eigenvalue weighted by Gasteiger charge is -2.26. The van der Waals surface area contributed by atoms with Crippen LogP contribution >= 0.6 is 23.2 Å². The van der Waals surface area contributed by atoms with Crippen molar-refractivity contribution >= 4 is 29.1 Å². The van der Waals surface area contributed by atoms with Crippen LogP contribution in [-0.2, 0) is 0 Å². The number of nitrogens with zero attached hydrogens (tertiary/aromatic N) is 1. The van der Waals surface area contributed by atoms with Crippen molar-refractivity contribution < 1.29 is 4.79 Å². The van der Waals surface area contributed by atoms with Crippen LogP contribution in [0.1, 0.15) is 22.0 Å². The van der Waals surface area contributed by atoms with Gasteiger partial charge in [-0.05, 0) is 50.0 Å². The maximum Gasteiger partial charge on any atom is 0.251 e. The predicted octanol–water partition coefficient (Wildman–Crippen LogP) is 4.03. The van der Waals surface area contributed by atoms with Crippen LogP contribution in [0.4, 0.5) is 0 Å². The molecular formula is C17H18Cl2N2O. The molecular weight excluding hydrogens is 319 g/mol. The van der Waals surface area contributed by atoms with Crippen LogP contribution in [0.3, 0.4) is 0 Å². The maximum absolute atomic E-state index is 12.2. The predicted molar refractivity (Wildman–Crippen MR) is 91.7 cm³/mol. The molecule has 1 amide bonds. The Morgan fingerprint density at radius 1 is 1.09 bits per heavy atom. The van der Waals surface area contributed by atoms with Gasteiger partial charge in [-0.2, -0.15) is 0 Å². The van der Waals surface area contributed by atoms with Crippen molar-refractivity contribution in [3.05, 3.63) is 69.7 Å². The molecule has 0 saturated carbocycles. The van der Waals surface area contributed by atoms with Crippen molar-refractivity contribution in [3.8, 4) is 0 Å². The summed E-state index contributed by atoms with van der Waals surface area (Å²) >= 11 is 12.1. The summed E-state index contributed by atoms with van der Waals surface area (Å²) in [5.74, 6) is -0.129. The van der Waals surface area contributed by atoms with E-state index in [-0.39, 0.29) is 11.9 Å². The van der Waals surface area contributed by atoms with Gasteiger partial charge < -0.3 is 10.2 Å². The Labute approximate surface area is 140 Å². The molecule has 0 aliphatic carbocycles. The van der Waals surface area contributed by atoms with Crippen molar-refractivity contribution in [2.75, 3.05) is 20.6 Å². The van der Waals surface area contributed by atoms with E-state index in [2.05, 4.69) is 5.32 Å². The fourth-order valence-corrected chi connectivity index (χ4v) is 2.60. The number of halogens is 2. The molecule has 2 aromatic carbocycles. The zero-order chi connectivity index (χ0) is 16.1. The second-order valence-corrected chi connectivity index (χ2v) is 6.06. The number of rotatable bonds is 5. The Morgan fingerprint density at radius 2 is 1.73 bits per heavy atom. The van der Waals surface area contributed by atoms with Crippen LogP contribution in [0.5, 0.6) is 0 Å². The third-order valence-corrected chi connectivity index (χ3v) is 4.05. The zero-order valence-electron chi connectivity index (χ0n) is 12.5. The summed E-state index contributed by atoms with van der Waals surface area (Å²) in [5, 5.41) is 4.25. The summed E-state index contributed by atoms with van der Waals surface area (Å²) in [6.07, 6.45) is 0. The summed E-state index contributed by atoms with van der Waals surface area (Å²) in [6, 6.07) is 14.5. The zero-order valence-corrected chi connectivity index (χ0v) is 14.0. The first-order valence-corrected chi connectivity index (χ1v) is 7.69. The molecule has 0 spiro atoms. The second-order valence-electron chi connectivity index (χ2n) is 5.22. The average Bonchev–Trinajstić information content (AvgIpc) is 2.49. The number of carbonyl (C=O) groups excluding carboxylic acids is 1. The van der Waals surface area contributed by atoms with Gasteiger partial charge in [0.25, 0.3) is 5.91 Å². The fraction of sp³-hybridized carbons (Fsp3) is 0.235. The largest absolute Gasteiger partial charge is 0.350 e. The minimum atomic E-state index is -0.129.